The van der Waals surface area contributed by atoms with Gasteiger partial charge in [-0.3, -0.25) is 9.78 Å². The minimum atomic E-state index is -0.00801. The predicted molar refractivity (Wildman–Crippen MR) is 71.5 cm³/mol. The number of pyridine rings is 1. The van der Waals surface area contributed by atoms with Crippen molar-refractivity contribution in [3.8, 4) is 0 Å². The number of carbonyl (C=O) groups is 1. The molecule has 1 heterocycles. The van der Waals surface area contributed by atoms with Crippen molar-refractivity contribution in [3.63, 3.8) is 0 Å². The van der Waals surface area contributed by atoms with Gasteiger partial charge < -0.3 is 5.32 Å². The molecule has 0 bridgehead atoms. The van der Waals surface area contributed by atoms with Gasteiger partial charge in [0, 0.05) is 16.6 Å². The van der Waals surface area contributed by atoms with E-state index >= 15 is 0 Å². The Balaban J connectivity index is 2.09. The molecule has 0 aromatic carbocycles. The van der Waals surface area contributed by atoms with E-state index in [0.29, 0.717) is 10.4 Å². The highest BCUT2D eigenvalue weighted by molar-refractivity contribution is 9.09. The number of carbonyl (C=O) groups excluding carboxylic acids is 1. The summed E-state index contributed by atoms with van der Waals surface area (Å²) in [6.07, 6.45) is 3.36. The molecule has 0 radical (unpaired) electrons. The molecular weight excluding hydrogens is 280 g/mol. The molecule has 1 amide bonds. The van der Waals surface area contributed by atoms with E-state index in [1.165, 1.54) is 6.42 Å². The monoisotopic (exact) mass is 296 g/mol. The second kappa shape index (κ2) is 5.17. The van der Waals surface area contributed by atoms with Gasteiger partial charge in [0.15, 0.2) is 0 Å². The SMILES string of the molecule is Cc1ccc(C(=O)NC2CCCC2Br)c(C)n1. The second-order valence-electron chi connectivity index (χ2n) is 4.61. The van der Waals surface area contributed by atoms with Crippen LogP contribution in [0.25, 0.3) is 0 Å². The topological polar surface area (TPSA) is 42.0 Å². The van der Waals surface area contributed by atoms with Crippen molar-refractivity contribution in [1.82, 2.24) is 10.3 Å². The van der Waals surface area contributed by atoms with E-state index in [4.69, 9.17) is 0 Å². The molecule has 2 rings (SSSR count). The van der Waals surface area contributed by atoms with Gasteiger partial charge in [-0.2, -0.15) is 0 Å². The molecule has 1 fully saturated rings. The maximum atomic E-state index is 12.1. The van der Waals surface area contributed by atoms with E-state index in [-0.39, 0.29) is 11.9 Å². The van der Waals surface area contributed by atoms with E-state index in [1.807, 2.05) is 26.0 Å². The number of nitrogens with zero attached hydrogens (tertiary/aromatic N) is 1. The smallest absolute Gasteiger partial charge is 0.253 e. The van der Waals surface area contributed by atoms with Crippen LogP contribution in [0.1, 0.15) is 41.0 Å². The highest BCUT2D eigenvalue weighted by Crippen LogP contribution is 2.25. The van der Waals surface area contributed by atoms with Crippen molar-refractivity contribution in [2.45, 2.75) is 44.0 Å². The van der Waals surface area contributed by atoms with Gasteiger partial charge in [0.1, 0.15) is 0 Å². The first kappa shape index (κ1) is 12.6. The number of alkyl halides is 1. The van der Waals surface area contributed by atoms with Gasteiger partial charge in [-0.15, -0.1) is 0 Å². The van der Waals surface area contributed by atoms with Crippen LogP contribution in [0.2, 0.25) is 0 Å². The van der Waals surface area contributed by atoms with E-state index in [1.54, 1.807) is 0 Å². The molecule has 1 aliphatic rings. The van der Waals surface area contributed by atoms with E-state index in [9.17, 15) is 4.79 Å². The van der Waals surface area contributed by atoms with Crippen LogP contribution in [0.5, 0.6) is 0 Å². The zero-order chi connectivity index (χ0) is 12.4. The standard InChI is InChI=1S/C13H17BrN2O/c1-8-6-7-10(9(2)15-8)13(17)16-12-5-3-4-11(12)14/h6-7,11-12H,3-5H2,1-2H3,(H,16,17). The molecule has 1 saturated carbocycles. The van der Waals surface area contributed by atoms with Gasteiger partial charge >= 0.3 is 0 Å². The van der Waals surface area contributed by atoms with Crippen LogP contribution in [-0.2, 0) is 0 Å². The van der Waals surface area contributed by atoms with Gasteiger partial charge in [0.2, 0.25) is 0 Å². The Kier molecular flexibility index (Phi) is 3.82. The van der Waals surface area contributed by atoms with Gasteiger partial charge in [0.05, 0.1) is 11.3 Å². The van der Waals surface area contributed by atoms with Crippen molar-refractivity contribution < 1.29 is 4.79 Å². The maximum absolute atomic E-state index is 12.1. The van der Waals surface area contributed by atoms with Gasteiger partial charge in [0.25, 0.3) is 5.91 Å². The lowest BCUT2D eigenvalue weighted by Gasteiger charge is -2.16. The number of amides is 1. The summed E-state index contributed by atoms with van der Waals surface area (Å²) in [6.45, 7) is 3.81. The summed E-state index contributed by atoms with van der Waals surface area (Å²) in [7, 11) is 0. The molecule has 0 saturated heterocycles. The molecule has 1 N–H and O–H groups in total. The number of hydrogen-bond acceptors (Lipinski definition) is 2. The fourth-order valence-electron chi connectivity index (χ4n) is 2.25. The van der Waals surface area contributed by atoms with Crippen molar-refractivity contribution in [1.29, 1.82) is 0 Å². The van der Waals surface area contributed by atoms with Crippen molar-refractivity contribution in [3.05, 3.63) is 29.1 Å². The van der Waals surface area contributed by atoms with Crippen LogP contribution < -0.4 is 5.32 Å². The summed E-state index contributed by atoms with van der Waals surface area (Å²) in [5.41, 5.74) is 2.42. The first-order valence-electron chi connectivity index (χ1n) is 5.97. The summed E-state index contributed by atoms with van der Waals surface area (Å²) >= 11 is 3.61. The summed E-state index contributed by atoms with van der Waals surface area (Å²) in [6, 6.07) is 3.98. The average Bonchev–Trinajstić information content (AvgIpc) is 2.64. The Morgan fingerprint density at radius 1 is 1.41 bits per heavy atom. The summed E-state index contributed by atoms with van der Waals surface area (Å²) < 4.78 is 0. The lowest BCUT2D eigenvalue weighted by atomic mass is 10.1. The maximum Gasteiger partial charge on any atom is 0.253 e. The largest absolute Gasteiger partial charge is 0.348 e. The quantitative estimate of drug-likeness (QED) is 0.853. The fourth-order valence-corrected chi connectivity index (χ4v) is 2.97. The van der Waals surface area contributed by atoms with Gasteiger partial charge in [-0.1, -0.05) is 22.4 Å². The molecule has 1 aliphatic carbocycles. The molecule has 4 heteroatoms. The van der Waals surface area contributed by atoms with Crippen LogP contribution >= 0.6 is 15.9 Å². The van der Waals surface area contributed by atoms with Crippen molar-refractivity contribution in [2.75, 3.05) is 0 Å². The highest BCUT2D eigenvalue weighted by Gasteiger charge is 2.26. The Bertz CT molecular complexity index is 433. The third kappa shape index (κ3) is 2.86. The molecule has 1 aromatic rings. The minimum Gasteiger partial charge on any atom is -0.348 e. The lowest BCUT2D eigenvalue weighted by molar-refractivity contribution is 0.0938. The molecule has 2 atom stereocenters. The summed E-state index contributed by atoms with van der Waals surface area (Å²) in [5.74, 6) is -0.00801. The molecular formula is C13H17BrN2O. The van der Waals surface area contributed by atoms with E-state index in [2.05, 4.69) is 26.2 Å². The molecule has 2 unspecified atom stereocenters. The zero-order valence-corrected chi connectivity index (χ0v) is 11.8. The summed E-state index contributed by atoms with van der Waals surface area (Å²) in [4.78, 5) is 16.8. The zero-order valence-electron chi connectivity index (χ0n) is 10.2. The van der Waals surface area contributed by atoms with E-state index in [0.717, 1.165) is 24.2 Å². The highest BCUT2D eigenvalue weighted by atomic mass is 79.9. The number of hydrogen-bond donors (Lipinski definition) is 1. The van der Waals surface area contributed by atoms with Crippen LogP contribution in [0.15, 0.2) is 12.1 Å². The van der Waals surface area contributed by atoms with Crippen LogP contribution in [0, 0.1) is 13.8 Å². The van der Waals surface area contributed by atoms with Gasteiger partial charge in [-0.25, -0.2) is 0 Å². The van der Waals surface area contributed by atoms with Crippen LogP contribution in [0.4, 0.5) is 0 Å². The molecule has 92 valence electrons. The number of nitrogens with one attached hydrogen (secondary N) is 1. The van der Waals surface area contributed by atoms with Crippen molar-refractivity contribution in [2.24, 2.45) is 0 Å². The van der Waals surface area contributed by atoms with Gasteiger partial charge in [-0.05, 0) is 38.8 Å². The predicted octanol–water partition coefficient (Wildman–Crippen LogP) is 2.74. The first-order valence-corrected chi connectivity index (χ1v) is 6.88. The van der Waals surface area contributed by atoms with E-state index < -0.39 is 0 Å². The third-order valence-corrected chi connectivity index (χ3v) is 4.31. The first-order chi connectivity index (χ1) is 8.08. The molecule has 1 aromatic heterocycles. The molecule has 0 spiro atoms. The Morgan fingerprint density at radius 2 is 2.18 bits per heavy atom. The second-order valence-corrected chi connectivity index (χ2v) is 5.79. The van der Waals surface area contributed by atoms with Crippen LogP contribution in [-0.4, -0.2) is 21.8 Å². The number of aryl methyl sites for hydroxylation is 2. The Labute approximate surface area is 110 Å². The number of halogens is 1. The summed E-state index contributed by atoms with van der Waals surface area (Å²) in [5, 5.41) is 3.08. The molecule has 3 nitrogen and oxygen atoms in total. The molecule has 0 aliphatic heterocycles. The van der Waals surface area contributed by atoms with Crippen LogP contribution in [0.3, 0.4) is 0 Å². The normalized spacial score (nSPS) is 23.7. The third-order valence-electron chi connectivity index (χ3n) is 3.22. The minimum absolute atomic E-state index is 0.00801. The average molecular weight is 297 g/mol. The number of rotatable bonds is 2. The number of aromatic nitrogens is 1. The van der Waals surface area contributed by atoms with Crippen molar-refractivity contribution >= 4 is 21.8 Å². The Hall–Kier alpha value is -0.900. The fraction of sp³-hybridized carbons (Fsp3) is 0.538. The molecule has 17 heavy (non-hydrogen) atoms. The Morgan fingerprint density at radius 3 is 2.76 bits per heavy atom. The lowest BCUT2D eigenvalue weighted by Crippen LogP contribution is -2.38.